The number of aromatic amines is 1. The molecule has 27 heavy (non-hydrogen) atoms. The van der Waals surface area contributed by atoms with Gasteiger partial charge in [0.15, 0.2) is 5.82 Å². The highest BCUT2D eigenvalue weighted by Crippen LogP contribution is 2.25. The second kappa shape index (κ2) is 6.53. The zero-order valence-electron chi connectivity index (χ0n) is 14.6. The average Bonchev–Trinajstić information content (AvgIpc) is 3.15. The fourth-order valence-electron chi connectivity index (χ4n) is 3.18. The van der Waals surface area contributed by atoms with E-state index in [0.29, 0.717) is 12.4 Å². The van der Waals surface area contributed by atoms with E-state index in [0.717, 1.165) is 39.1 Å². The second-order valence-corrected chi connectivity index (χ2v) is 6.33. The molecule has 0 aliphatic rings. The molecule has 0 spiro atoms. The van der Waals surface area contributed by atoms with Crippen LogP contribution in [-0.2, 0) is 6.54 Å². The third-order valence-electron chi connectivity index (χ3n) is 4.50. The highest BCUT2D eigenvalue weighted by molar-refractivity contribution is 5.90. The number of nitrogens with zero attached hydrogens (tertiary/aromatic N) is 3. The Bertz CT molecular complexity index is 1190. The van der Waals surface area contributed by atoms with Crippen molar-refractivity contribution in [2.24, 2.45) is 0 Å². The summed E-state index contributed by atoms with van der Waals surface area (Å²) in [5, 5.41) is 4.42. The molecule has 0 saturated carbocycles. The number of para-hydroxylation sites is 3. The zero-order chi connectivity index (χ0) is 18.1. The number of hydrogen-bond acceptors (Lipinski definition) is 4. The predicted octanol–water partition coefficient (Wildman–Crippen LogP) is 4.79. The van der Waals surface area contributed by atoms with E-state index in [9.17, 15) is 0 Å². The van der Waals surface area contributed by atoms with Gasteiger partial charge in [0.1, 0.15) is 11.6 Å². The van der Waals surface area contributed by atoms with E-state index < -0.39 is 0 Å². The molecule has 0 aliphatic carbocycles. The molecule has 0 atom stereocenters. The average molecular weight is 351 g/mol. The largest absolute Gasteiger partial charge is 0.362 e. The molecule has 2 N–H and O–H groups in total. The zero-order valence-corrected chi connectivity index (χ0v) is 14.6. The topological polar surface area (TPSA) is 66.5 Å². The van der Waals surface area contributed by atoms with Crippen LogP contribution < -0.4 is 5.32 Å². The number of H-pyrrole nitrogens is 1. The third-order valence-corrected chi connectivity index (χ3v) is 4.50. The fraction of sp³-hybridized carbons (Fsp3) is 0.0455. The van der Waals surface area contributed by atoms with Crippen molar-refractivity contribution >= 4 is 27.8 Å². The molecular weight excluding hydrogens is 334 g/mol. The second-order valence-electron chi connectivity index (χ2n) is 6.33. The Labute approximate surface area is 156 Å². The van der Waals surface area contributed by atoms with Gasteiger partial charge in [-0.1, -0.05) is 54.6 Å². The van der Waals surface area contributed by atoms with Crippen LogP contribution >= 0.6 is 0 Å². The van der Waals surface area contributed by atoms with Crippen molar-refractivity contribution in [2.45, 2.75) is 6.54 Å². The van der Waals surface area contributed by atoms with E-state index in [1.54, 1.807) is 0 Å². The number of benzene rings is 3. The molecule has 0 fully saturated rings. The molecule has 5 aromatic rings. The van der Waals surface area contributed by atoms with Gasteiger partial charge in [0, 0.05) is 10.9 Å². The maximum absolute atomic E-state index is 4.78. The number of imidazole rings is 1. The van der Waals surface area contributed by atoms with Crippen LogP contribution in [0.4, 0.5) is 5.82 Å². The van der Waals surface area contributed by atoms with E-state index in [4.69, 9.17) is 9.97 Å². The lowest BCUT2D eigenvalue weighted by Gasteiger charge is -2.10. The summed E-state index contributed by atoms with van der Waals surface area (Å²) in [6.45, 7) is 0.559. The van der Waals surface area contributed by atoms with Gasteiger partial charge in [0.05, 0.1) is 23.1 Å². The van der Waals surface area contributed by atoms with Gasteiger partial charge in [-0.15, -0.1) is 0 Å². The van der Waals surface area contributed by atoms with Crippen LogP contribution in [0.3, 0.4) is 0 Å². The Kier molecular flexibility index (Phi) is 3.76. The first-order valence-corrected chi connectivity index (χ1v) is 8.86. The Morgan fingerprint density at radius 2 is 1.44 bits per heavy atom. The monoisotopic (exact) mass is 351 g/mol. The van der Waals surface area contributed by atoms with Gasteiger partial charge in [-0.25, -0.2) is 15.0 Å². The van der Waals surface area contributed by atoms with Gasteiger partial charge in [-0.2, -0.15) is 0 Å². The van der Waals surface area contributed by atoms with Crippen molar-refractivity contribution in [1.29, 1.82) is 0 Å². The van der Waals surface area contributed by atoms with Crippen molar-refractivity contribution in [1.82, 2.24) is 19.9 Å². The maximum Gasteiger partial charge on any atom is 0.162 e. The van der Waals surface area contributed by atoms with Gasteiger partial charge >= 0.3 is 0 Å². The van der Waals surface area contributed by atoms with Crippen LogP contribution in [0, 0.1) is 0 Å². The maximum atomic E-state index is 4.78. The smallest absolute Gasteiger partial charge is 0.162 e. The first-order chi connectivity index (χ1) is 13.4. The molecular formula is C22H17N5. The predicted molar refractivity (Wildman–Crippen MR) is 108 cm³/mol. The standard InChI is InChI=1S/C22H17N5/c1-2-8-15(9-3-1)21-26-17-11-5-4-10-16(17)22(27-21)23-14-20-24-18-12-6-7-13-19(18)25-20/h1-13H,14H2,(H,24,25)(H,23,26,27). The molecule has 0 radical (unpaired) electrons. The first-order valence-electron chi connectivity index (χ1n) is 8.86. The molecule has 5 heteroatoms. The van der Waals surface area contributed by atoms with Crippen LogP contribution in [0.15, 0.2) is 78.9 Å². The van der Waals surface area contributed by atoms with Gasteiger partial charge in [-0.05, 0) is 24.3 Å². The third kappa shape index (κ3) is 3.00. The Morgan fingerprint density at radius 1 is 0.704 bits per heavy atom. The van der Waals surface area contributed by atoms with E-state index >= 15 is 0 Å². The molecule has 2 heterocycles. The molecule has 5 nitrogen and oxygen atoms in total. The Hall–Kier alpha value is -3.73. The number of hydrogen-bond donors (Lipinski definition) is 2. The molecule has 2 aromatic heterocycles. The normalized spacial score (nSPS) is 11.1. The van der Waals surface area contributed by atoms with E-state index in [1.165, 1.54) is 0 Å². The van der Waals surface area contributed by atoms with E-state index in [1.807, 2.05) is 78.9 Å². The first kappa shape index (κ1) is 15.5. The van der Waals surface area contributed by atoms with Crippen LogP contribution in [0.2, 0.25) is 0 Å². The van der Waals surface area contributed by atoms with Crippen molar-refractivity contribution in [2.75, 3.05) is 5.32 Å². The summed E-state index contributed by atoms with van der Waals surface area (Å²) in [7, 11) is 0. The molecule has 3 aromatic carbocycles. The van der Waals surface area contributed by atoms with Crippen molar-refractivity contribution in [3.05, 3.63) is 84.7 Å². The van der Waals surface area contributed by atoms with Crippen LogP contribution in [0.5, 0.6) is 0 Å². The minimum atomic E-state index is 0.559. The quantitative estimate of drug-likeness (QED) is 0.489. The molecule has 0 amide bonds. The molecule has 5 rings (SSSR count). The molecule has 0 aliphatic heterocycles. The summed E-state index contributed by atoms with van der Waals surface area (Å²) >= 11 is 0. The Morgan fingerprint density at radius 3 is 2.30 bits per heavy atom. The molecule has 0 bridgehead atoms. The highest BCUT2D eigenvalue weighted by atomic mass is 15.1. The summed E-state index contributed by atoms with van der Waals surface area (Å²) in [6, 6.07) is 26.1. The lowest BCUT2D eigenvalue weighted by molar-refractivity contribution is 0.999. The minimum Gasteiger partial charge on any atom is -0.362 e. The van der Waals surface area contributed by atoms with Crippen molar-refractivity contribution in [3.8, 4) is 11.4 Å². The van der Waals surface area contributed by atoms with E-state index in [2.05, 4.69) is 15.3 Å². The number of rotatable bonds is 4. The summed E-state index contributed by atoms with van der Waals surface area (Å²) in [4.78, 5) is 17.5. The Balaban J connectivity index is 1.53. The van der Waals surface area contributed by atoms with Gasteiger partial charge in [-0.3, -0.25) is 0 Å². The summed E-state index contributed by atoms with van der Waals surface area (Å²) in [5.41, 5.74) is 3.91. The summed E-state index contributed by atoms with van der Waals surface area (Å²) < 4.78 is 0. The summed E-state index contributed by atoms with van der Waals surface area (Å²) in [5.74, 6) is 2.39. The molecule has 130 valence electrons. The van der Waals surface area contributed by atoms with E-state index in [-0.39, 0.29) is 0 Å². The number of nitrogens with one attached hydrogen (secondary N) is 2. The number of aromatic nitrogens is 4. The SMILES string of the molecule is c1ccc(-c2nc(NCc3nc4ccccc4[nH]3)c3ccccc3n2)cc1. The molecule has 0 saturated heterocycles. The van der Waals surface area contributed by atoms with Crippen LogP contribution in [0.1, 0.15) is 5.82 Å². The minimum absolute atomic E-state index is 0.559. The summed E-state index contributed by atoms with van der Waals surface area (Å²) in [6.07, 6.45) is 0. The lowest BCUT2D eigenvalue weighted by Crippen LogP contribution is -2.05. The van der Waals surface area contributed by atoms with Crippen molar-refractivity contribution in [3.63, 3.8) is 0 Å². The van der Waals surface area contributed by atoms with Crippen molar-refractivity contribution < 1.29 is 0 Å². The van der Waals surface area contributed by atoms with Crippen LogP contribution in [0.25, 0.3) is 33.3 Å². The van der Waals surface area contributed by atoms with Crippen LogP contribution in [-0.4, -0.2) is 19.9 Å². The van der Waals surface area contributed by atoms with Gasteiger partial charge in [0.2, 0.25) is 0 Å². The fourth-order valence-corrected chi connectivity index (χ4v) is 3.18. The number of fused-ring (bicyclic) bond motifs is 2. The highest BCUT2D eigenvalue weighted by Gasteiger charge is 2.10. The molecule has 0 unspecified atom stereocenters. The number of anilines is 1. The lowest BCUT2D eigenvalue weighted by atomic mass is 10.2. The van der Waals surface area contributed by atoms with Gasteiger partial charge < -0.3 is 10.3 Å². The van der Waals surface area contributed by atoms with Gasteiger partial charge in [0.25, 0.3) is 0 Å².